The fraction of sp³-hybridized carbons (Fsp3) is 0.364. The zero-order valence-electron chi connectivity index (χ0n) is 8.60. The number of rotatable bonds is 0. The summed E-state index contributed by atoms with van der Waals surface area (Å²) in [4.78, 5) is 13.1. The molecule has 0 saturated carbocycles. The first-order valence-electron chi connectivity index (χ1n) is 4.90. The molecule has 0 saturated heterocycles. The number of carbonyl (C=O) groups excluding carboxylic acids is 1. The molecule has 4 nitrogen and oxygen atoms in total. The molecule has 1 aromatic rings. The zero-order chi connectivity index (χ0) is 10.7. The number of para-hydroxylation sites is 2. The van der Waals surface area contributed by atoms with Gasteiger partial charge in [0.2, 0.25) is 0 Å². The zero-order valence-corrected chi connectivity index (χ0v) is 8.60. The third kappa shape index (κ3) is 1.88. The van der Waals surface area contributed by atoms with Gasteiger partial charge in [0.25, 0.3) is 0 Å². The Hall–Kier alpha value is -1.71. The molecule has 0 spiro atoms. The van der Waals surface area contributed by atoms with Crippen LogP contribution in [0.5, 0.6) is 5.75 Å². The van der Waals surface area contributed by atoms with Crippen LogP contribution in [0.15, 0.2) is 24.3 Å². The maximum Gasteiger partial charge on any atom is 0.414 e. The van der Waals surface area contributed by atoms with E-state index in [-0.39, 0.29) is 6.09 Å². The van der Waals surface area contributed by atoms with Gasteiger partial charge >= 0.3 is 6.09 Å². The van der Waals surface area contributed by atoms with Crippen molar-refractivity contribution in [1.82, 2.24) is 0 Å². The lowest BCUT2D eigenvalue weighted by Crippen LogP contribution is -2.31. The van der Waals surface area contributed by atoms with Crippen LogP contribution in [-0.4, -0.2) is 26.4 Å². The summed E-state index contributed by atoms with van der Waals surface area (Å²) in [6, 6.07) is 7.48. The van der Waals surface area contributed by atoms with E-state index in [9.17, 15) is 4.79 Å². The second kappa shape index (κ2) is 4.21. The first-order chi connectivity index (χ1) is 7.33. The molecule has 15 heavy (non-hydrogen) atoms. The molecule has 0 fully saturated rings. The Bertz CT molecular complexity index is 365. The highest BCUT2D eigenvalue weighted by atomic mass is 16.5. The number of benzene rings is 1. The number of nitrogens with zero attached hydrogens (tertiary/aromatic N) is 1. The minimum atomic E-state index is -0.340. The smallest absolute Gasteiger partial charge is 0.414 e. The number of methoxy groups -OCH3 is 1. The van der Waals surface area contributed by atoms with Gasteiger partial charge in [0.05, 0.1) is 19.4 Å². The Labute approximate surface area is 88.4 Å². The van der Waals surface area contributed by atoms with Gasteiger partial charge in [-0.15, -0.1) is 0 Å². The quantitative estimate of drug-likeness (QED) is 0.653. The molecule has 0 radical (unpaired) electrons. The summed E-state index contributed by atoms with van der Waals surface area (Å²) in [5.74, 6) is 0.736. The van der Waals surface area contributed by atoms with Gasteiger partial charge in [-0.2, -0.15) is 0 Å². The predicted octanol–water partition coefficient (Wildman–Crippen LogP) is 2.04. The third-order valence-electron chi connectivity index (χ3n) is 2.33. The molecule has 80 valence electrons. The van der Waals surface area contributed by atoms with Crippen LogP contribution in [0.25, 0.3) is 0 Å². The number of hydrogen-bond donors (Lipinski definition) is 0. The summed E-state index contributed by atoms with van der Waals surface area (Å²) in [6.07, 6.45) is 0.469. The van der Waals surface area contributed by atoms with E-state index < -0.39 is 0 Å². The van der Waals surface area contributed by atoms with E-state index in [1.807, 2.05) is 24.3 Å². The highest BCUT2D eigenvalue weighted by Gasteiger charge is 2.21. The lowest BCUT2D eigenvalue weighted by atomic mass is 10.2. The maximum atomic E-state index is 11.5. The predicted molar refractivity (Wildman–Crippen MR) is 56.3 cm³/mol. The van der Waals surface area contributed by atoms with Gasteiger partial charge in [-0.1, -0.05) is 12.1 Å². The molecule has 0 aliphatic carbocycles. The standard InChI is InChI=1S/C11H13NO3/c1-14-11(13)12-7-4-8-15-10-6-3-2-5-9(10)12/h2-3,5-6H,4,7-8H2,1H3. The van der Waals surface area contributed by atoms with Crippen LogP contribution in [0, 0.1) is 0 Å². The average Bonchev–Trinajstić information content (AvgIpc) is 2.50. The molecule has 1 aliphatic rings. The minimum absolute atomic E-state index is 0.340. The first-order valence-corrected chi connectivity index (χ1v) is 4.90. The summed E-state index contributed by atoms with van der Waals surface area (Å²) >= 11 is 0. The Kier molecular flexibility index (Phi) is 2.76. The van der Waals surface area contributed by atoms with Crippen molar-refractivity contribution in [3.05, 3.63) is 24.3 Å². The molecular formula is C11H13NO3. The highest BCUT2D eigenvalue weighted by molar-refractivity contribution is 5.89. The van der Waals surface area contributed by atoms with Crippen LogP contribution in [0.3, 0.4) is 0 Å². The van der Waals surface area contributed by atoms with Gasteiger partial charge in [-0.05, 0) is 18.6 Å². The van der Waals surface area contributed by atoms with E-state index in [2.05, 4.69) is 0 Å². The fourth-order valence-electron chi connectivity index (χ4n) is 1.63. The fourth-order valence-corrected chi connectivity index (χ4v) is 1.63. The molecule has 1 heterocycles. The Morgan fingerprint density at radius 3 is 3.07 bits per heavy atom. The molecule has 4 heteroatoms. The van der Waals surface area contributed by atoms with Crippen molar-refractivity contribution >= 4 is 11.8 Å². The van der Waals surface area contributed by atoms with Crippen LogP contribution in [-0.2, 0) is 4.74 Å². The summed E-state index contributed by atoms with van der Waals surface area (Å²) in [7, 11) is 1.39. The molecule has 0 N–H and O–H groups in total. The van der Waals surface area contributed by atoms with Crippen LogP contribution >= 0.6 is 0 Å². The van der Waals surface area contributed by atoms with Crippen molar-refractivity contribution in [2.45, 2.75) is 6.42 Å². The summed E-state index contributed by atoms with van der Waals surface area (Å²) in [6.45, 7) is 1.26. The average molecular weight is 207 g/mol. The molecular weight excluding hydrogens is 194 g/mol. The van der Waals surface area contributed by atoms with E-state index >= 15 is 0 Å². The van der Waals surface area contributed by atoms with Gasteiger partial charge in [0, 0.05) is 6.54 Å². The normalized spacial score (nSPS) is 14.9. The maximum absolute atomic E-state index is 11.5. The van der Waals surface area contributed by atoms with E-state index in [4.69, 9.17) is 9.47 Å². The van der Waals surface area contributed by atoms with E-state index in [0.717, 1.165) is 17.9 Å². The summed E-state index contributed by atoms with van der Waals surface area (Å²) in [5, 5.41) is 0. The monoisotopic (exact) mass is 207 g/mol. The Morgan fingerprint density at radius 1 is 1.47 bits per heavy atom. The number of carbonyl (C=O) groups is 1. The molecule has 2 rings (SSSR count). The number of ether oxygens (including phenoxy) is 2. The van der Waals surface area contributed by atoms with Crippen molar-refractivity contribution in [2.24, 2.45) is 0 Å². The van der Waals surface area contributed by atoms with E-state index in [0.29, 0.717) is 13.2 Å². The van der Waals surface area contributed by atoms with Crippen LogP contribution in [0.2, 0.25) is 0 Å². The molecule has 0 unspecified atom stereocenters. The third-order valence-corrected chi connectivity index (χ3v) is 2.33. The largest absolute Gasteiger partial charge is 0.491 e. The molecule has 0 atom stereocenters. The molecule has 1 aromatic carbocycles. The van der Waals surface area contributed by atoms with Crippen molar-refractivity contribution in [3.63, 3.8) is 0 Å². The summed E-state index contributed by atoms with van der Waals surface area (Å²) in [5.41, 5.74) is 0.779. The summed E-state index contributed by atoms with van der Waals surface area (Å²) < 4.78 is 10.3. The van der Waals surface area contributed by atoms with Crippen molar-refractivity contribution in [1.29, 1.82) is 0 Å². The lowest BCUT2D eigenvalue weighted by molar-refractivity contribution is 0.178. The molecule has 0 bridgehead atoms. The van der Waals surface area contributed by atoms with E-state index in [1.54, 1.807) is 4.90 Å². The first kappa shape index (κ1) is 9.83. The van der Waals surface area contributed by atoms with E-state index in [1.165, 1.54) is 7.11 Å². The second-order valence-corrected chi connectivity index (χ2v) is 3.29. The minimum Gasteiger partial charge on any atom is -0.491 e. The van der Waals surface area contributed by atoms with Crippen LogP contribution in [0.1, 0.15) is 6.42 Å². The highest BCUT2D eigenvalue weighted by Crippen LogP contribution is 2.30. The SMILES string of the molecule is COC(=O)N1CCCOc2ccccc21. The number of anilines is 1. The van der Waals surface area contributed by atoms with Crippen LogP contribution in [0.4, 0.5) is 10.5 Å². The van der Waals surface area contributed by atoms with Gasteiger partial charge in [-0.25, -0.2) is 4.79 Å². The van der Waals surface area contributed by atoms with Gasteiger partial charge in [0.1, 0.15) is 5.75 Å². The Balaban J connectivity index is 2.37. The Morgan fingerprint density at radius 2 is 2.27 bits per heavy atom. The van der Waals surface area contributed by atoms with Crippen LogP contribution < -0.4 is 9.64 Å². The van der Waals surface area contributed by atoms with Crippen molar-refractivity contribution in [3.8, 4) is 5.75 Å². The number of hydrogen-bond acceptors (Lipinski definition) is 3. The molecule has 1 amide bonds. The van der Waals surface area contributed by atoms with Crippen molar-refractivity contribution in [2.75, 3.05) is 25.2 Å². The van der Waals surface area contributed by atoms with Crippen molar-refractivity contribution < 1.29 is 14.3 Å². The van der Waals surface area contributed by atoms with Gasteiger partial charge in [-0.3, -0.25) is 4.90 Å². The number of fused-ring (bicyclic) bond motifs is 1. The molecule has 1 aliphatic heterocycles. The topological polar surface area (TPSA) is 38.8 Å². The number of amides is 1. The second-order valence-electron chi connectivity index (χ2n) is 3.29. The lowest BCUT2D eigenvalue weighted by Gasteiger charge is -2.19. The van der Waals surface area contributed by atoms with Gasteiger partial charge < -0.3 is 9.47 Å². The molecule has 0 aromatic heterocycles. The van der Waals surface area contributed by atoms with Gasteiger partial charge in [0.15, 0.2) is 0 Å².